The molecule has 0 aliphatic rings. The number of fused-ring (bicyclic) bond motifs is 1. The van der Waals surface area contributed by atoms with Crippen LogP contribution in [-0.2, 0) is 13.2 Å². The number of nitrogens with one attached hydrogen (secondary N) is 1. The molecule has 1 amide bonds. The van der Waals surface area contributed by atoms with Gasteiger partial charge in [-0.15, -0.1) is 4.73 Å². The summed E-state index contributed by atoms with van der Waals surface area (Å²) in [4.78, 5) is 39.6. The Morgan fingerprint density at radius 3 is 2.61 bits per heavy atom. The number of rotatable bonds is 7. The van der Waals surface area contributed by atoms with Gasteiger partial charge in [-0.1, -0.05) is 42.5 Å². The summed E-state index contributed by atoms with van der Waals surface area (Å²) in [6.45, 7) is 2.43. The molecule has 0 bridgehead atoms. The molecular formula is C24H23N5O4. The van der Waals surface area contributed by atoms with Crippen molar-refractivity contribution in [3.63, 3.8) is 0 Å². The molecule has 2 aromatic carbocycles. The van der Waals surface area contributed by atoms with Gasteiger partial charge in [0.15, 0.2) is 5.65 Å². The second kappa shape index (κ2) is 9.39. The van der Waals surface area contributed by atoms with E-state index in [0.29, 0.717) is 34.6 Å². The lowest BCUT2D eigenvalue weighted by molar-refractivity contribution is 0.0979. The predicted octanol–water partition coefficient (Wildman–Crippen LogP) is 3.46. The van der Waals surface area contributed by atoms with E-state index in [1.807, 2.05) is 43.3 Å². The lowest BCUT2D eigenvalue weighted by Gasteiger charge is -2.17. The normalized spacial score (nSPS) is 10.7. The third kappa shape index (κ3) is 4.77. The largest absolute Gasteiger partial charge is 0.465 e. The van der Waals surface area contributed by atoms with E-state index >= 15 is 0 Å². The number of anilines is 2. The molecule has 0 radical (unpaired) electrons. The van der Waals surface area contributed by atoms with Crippen LogP contribution in [0.25, 0.3) is 11.0 Å². The van der Waals surface area contributed by atoms with Crippen molar-refractivity contribution < 1.29 is 14.7 Å². The topological polar surface area (TPSA) is 110 Å². The van der Waals surface area contributed by atoms with Gasteiger partial charge in [0.05, 0.1) is 16.8 Å². The monoisotopic (exact) mass is 445 g/mol. The van der Waals surface area contributed by atoms with Crippen molar-refractivity contribution >= 4 is 28.5 Å². The first-order chi connectivity index (χ1) is 15.9. The van der Waals surface area contributed by atoms with Gasteiger partial charge in [-0.05, 0) is 30.2 Å². The summed E-state index contributed by atoms with van der Waals surface area (Å²) in [6.07, 6.45) is 0.354. The third-order valence-corrected chi connectivity index (χ3v) is 5.22. The first kappa shape index (κ1) is 21.8. The summed E-state index contributed by atoms with van der Waals surface area (Å²) in [5.41, 5.74) is 3.61. The van der Waals surface area contributed by atoms with E-state index in [0.717, 1.165) is 16.0 Å². The molecule has 33 heavy (non-hydrogen) atoms. The number of pyridine rings is 1. The van der Waals surface area contributed by atoms with Crippen LogP contribution in [0.15, 0.2) is 71.8 Å². The molecule has 0 saturated carbocycles. The fraction of sp³-hybridized carbons (Fsp3) is 0.167. The van der Waals surface area contributed by atoms with Gasteiger partial charge in [0.1, 0.15) is 12.9 Å². The Morgan fingerprint density at radius 2 is 1.85 bits per heavy atom. The van der Waals surface area contributed by atoms with Gasteiger partial charge in [-0.25, -0.2) is 14.8 Å². The average molecular weight is 445 g/mol. The van der Waals surface area contributed by atoms with Crippen LogP contribution in [0.2, 0.25) is 0 Å². The average Bonchev–Trinajstić information content (AvgIpc) is 2.82. The predicted molar refractivity (Wildman–Crippen MR) is 125 cm³/mol. The Balaban J connectivity index is 1.63. The molecule has 0 saturated heterocycles. The summed E-state index contributed by atoms with van der Waals surface area (Å²) in [5, 5.41) is 13.1. The number of aryl methyl sites for hydroxylation is 1. The quantitative estimate of drug-likeness (QED) is 0.448. The second-order valence-electron chi connectivity index (χ2n) is 7.47. The van der Waals surface area contributed by atoms with E-state index < -0.39 is 6.09 Å². The molecular weight excluding hydrogens is 422 g/mol. The fourth-order valence-electron chi connectivity index (χ4n) is 3.45. The number of aromatic nitrogens is 3. The van der Waals surface area contributed by atoms with Crippen molar-refractivity contribution in [2.75, 3.05) is 17.3 Å². The molecule has 0 aliphatic heterocycles. The lowest BCUT2D eigenvalue weighted by atomic mass is 10.1. The first-order valence-corrected chi connectivity index (χ1v) is 10.3. The summed E-state index contributed by atoms with van der Waals surface area (Å²) in [7, 11) is 1.48. The minimum absolute atomic E-state index is 0.218. The van der Waals surface area contributed by atoms with Gasteiger partial charge in [0.25, 0.3) is 5.56 Å². The van der Waals surface area contributed by atoms with Crippen molar-refractivity contribution in [2.45, 2.75) is 20.1 Å². The van der Waals surface area contributed by atoms with Crippen molar-refractivity contribution in [3.8, 4) is 0 Å². The molecule has 0 unspecified atom stereocenters. The van der Waals surface area contributed by atoms with Crippen molar-refractivity contribution in [1.29, 1.82) is 0 Å². The number of carboxylic acid groups (broad SMARTS) is 1. The highest BCUT2D eigenvalue weighted by Crippen LogP contribution is 2.23. The molecule has 2 N–H and O–H groups in total. The zero-order valence-electron chi connectivity index (χ0n) is 18.2. The fourth-order valence-corrected chi connectivity index (χ4v) is 3.45. The smallest absolute Gasteiger partial charge is 0.411 e. The number of nitrogens with zero attached hydrogens (tertiary/aromatic N) is 4. The van der Waals surface area contributed by atoms with E-state index in [2.05, 4.69) is 15.3 Å². The second-order valence-corrected chi connectivity index (χ2v) is 7.47. The van der Waals surface area contributed by atoms with Crippen molar-refractivity contribution in [3.05, 3.63) is 94.2 Å². The summed E-state index contributed by atoms with van der Waals surface area (Å²) in [6, 6.07) is 18.2. The molecule has 4 rings (SSSR count). The highest BCUT2D eigenvalue weighted by atomic mass is 16.7. The summed E-state index contributed by atoms with van der Waals surface area (Å²) < 4.78 is 1.19. The number of benzene rings is 2. The van der Waals surface area contributed by atoms with E-state index in [4.69, 9.17) is 4.84 Å². The maximum absolute atomic E-state index is 12.9. The molecule has 2 heterocycles. The van der Waals surface area contributed by atoms with Crippen molar-refractivity contribution in [2.24, 2.45) is 0 Å². The highest BCUT2D eigenvalue weighted by Gasteiger charge is 2.15. The van der Waals surface area contributed by atoms with E-state index in [1.54, 1.807) is 18.2 Å². The highest BCUT2D eigenvalue weighted by molar-refractivity contribution is 5.90. The Morgan fingerprint density at radius 1 is 1.09 bits per heavy atom. The number of amides is 1. The molecule has 9 nitrogen and oxygen atoms in total. The standard InChI is InChI=1S/C24H23N5O4/c1-16-22-20(25-13-18-9-6-10-19(11-18)28(2)24(31)32)12-21(30)29(23(22)27-15-26-16)33-14-17-7-4-3-5-8-17/h3-12,15,25H,13-14H2,1-2H3,(H,31,32). The third-order valence-electron chi connectivity index (χ3n) is 5.22. The Kier molecular flexibility index (Phi) is 6.21. The minimum Gasteiger partial charge on any atom is -0.465 e. The maximum atomic E-state index is 12.9. The van der Waals surface area contributed by atoms with E-state index in [9.17, 15) is 14.7 Å². The summed E-state index contributed by atoms with van der Waals surface area (Å²) in [5.74, 6) is 0. The summed E-state index contributed by atoms with van der Waals surface area (Å²) >= 11 is 0. The minimum atomic E-state index is -1.04. The molecule has 168 valence electrons. The zero-order chi connectivity index (χ0) is 23.4. The van der Waals surface area contributed by atoms with Crippen molar-refractivity contribution in [1.82, 2.24) is 14.7 Å². The Bertz CT molecular complexity index is 1350. The number of hydrogen-bond donors (Lipinski definition) is 2. The van der Waals surface area contributed by atoms with Crippen LogP contribution in [0.3, 0.4) is 0 Å². The number of carbonyl (C=O) groups is 1. The molecule has 2 aromatic heterocycles. The maximum Gasteiger partial charge on any atom is 0.411 e. The van der Waals surface area contributed by atoms with E-state index in [-0.39, 0.29) is 12.2 Å². The Hall–Kier alpha value is -4.40. The van der Waals surface area contributed by atoms with Crippen LogP contribution in [0, 0.1) is 6.92 Å². The number of hydrogen-bond acceptors (Lipinski definition) is 6. The lowest BCUT2D eigenvalue weighted by Crippen LogP contribution is -2.28. The molecule has 0 aliphatic carbocycles. The SMILES string of the molecule is Cc1ncnc2c1c(NCc1cccc(N(C)C(=O)O)c1)cc(=O)n2OCc1ccccc1. The zero-order valence-corrected chi connectivity index (χ0v) is 18.2. The van der Waals surface area contributed by atoms with Gasteiger partial charge in [0.2, 0.25) is 0 Å². The molecule has 4 aromatic rings. The van der Waals surface area contributed by atoms with Gasteiger partial charge in [-0.2, -0.15) is 0 Å². The molecule has 0 spiro atoms. The van der Waals surface area contributed by atoms with Crippen LogP contribution in [0.1, 0.15) is 16.8 Å². The van der Waals surface area contributed by atoms with Gasteiger partial charge >= 0.3 is 6.09 Å². The van der Waals surface area contributed by atoms with Crippen LogP contribution < -0.4 is 20.6 Å². The molecule has 0 fully saturated rings. The molecule has 0 atom stereocenters. The van der Waals surface area contributed by atoms with Crippen LogP contribution >= 0.6 is 0 Å². The van der Waals surface area contributed by atoms with Crippen LogP contribution in [0.5, 0.6) is 0 Å². The van der Waals surface area contributed by atoms with E-state index in [1.165, 1.54) is 24.2 Å². The van der Waals surface area contributed by atoms with Crippen LogP contribution in [-0.4, -0.2) is 32.9 Å². The molecule has 9 heteroatoms. The first-order valence-electron chi connectivity index (χ1n) is 10.3. The van der Waals surface area contributed by atoms with Crippen LogP contribution in [0.4, 0.5) is 16.2 Å². The van der Waals surface area contributed by atoms with Gasteiger partial charge in [0, 0.05) is 25.3 Å². The van der Waals surface area contributed by atoms with Gasteiger partial charge in [-0.3, -0.25) is 9.69 Å². The Labute approximate surface area is 189 Å². The van der Waals surface area contributed by atoms with Gasteiger partial charge < -0.3 is 15.3 Å².